The number of nitrogens with zero attached hydrogens (tertiary/aromatic N) is 1. The number of carbonyl (C=O) groups is 2. The molecule has 0 spiro atoms. The third kappa shape index (κ3) is 6.86. The Morgan fingerprint density at radius 1 is 1.20 bits per heavy atom. The molecule has 1 unspecified atom stereocenters. The molecule has 1 aromatic carbocycles. The third-order valence-corrected chi connectivity index (χ3v) is 6.16. The van der Waals surface area contributed by atoms with E-state index in [2.05, 4.69) is 17.4 Å². The number of benzene rings is 1. The molecule has 138 valence electrons. The van der Waals surface area contributed by atoms with E-state index in [0.29, 0.717) is 19.5 Å². The molecule has 2 rings (SSSR count). The Morgan fingerprint density at radius 2 is 1.92 bits per heavy atom. The minimum Gasteiger partial charge on any atom is -0.352 e. The van der Waals surface area contributed by atoms with Crippen molar-refractivity contribution in [3.63, 3.8) is 0 Å². The first kappa shape index (κ1) is 19.4. The van der Waals surface area contributed by atoms with Crippen LogP contribution < -0.4 is 5.32 Å². The molecule has 2 amide bonds. The molecule has 1 aliphatic heterocycles. The molecule has 0 aromatic heterocycles. The number of aryl methyl sites for hydroxylation is 1. The van der Waals surface area contributed by atoms with Gasteiger partial charge in [0.05, 0.1) is 11.5 Å². The van der Waals surface area contributed by atoms with Gasteiger partial charge in [0.15, 0.2) is 9.84 Å². The van der Waals surface area contributed by atoms with Crippen LogP contribution >= 0.6 is 0 Å². The van der Waals surface area contributed by atoms with Crippen molar-refractivity contribution in [1.82, 2.24) is 10.2 Å². The van der Waals surface area contributed by atoms with Crippen LogP contribution in [-0.4, -0.2) is 55.8 Å². The minimum absolute atomic E-state index is 0.0201. The van der Waals surface area contributed by atoms with Crippen molar-refractivity contribution in [2.45, 2.75) is 38.6 Å². The van der Waals surface area contributed by atoms with E-state index in [1.165, 1.54) is 12.5 Å². The molecule has 6 nitrogen and oxygen atoms in total. The summed E-state index contributed by atoms with van der Waals surface area (Å²) < 4.78 is 22.8. The van der Waals surface area contributed by atoms with Crippen molar-refractivity contribution in [2.75, 3.05) is 24.6 Å². The van der Waals surface area contributed by atoms with Crippen molar-refractivity contribution in [3.8, 4) is 0 Å². The zero-order valence-electron chi connectivity index (χ0n) is 14.6. The molecule has 1 aliphatic rings. The van der Waals surface area contributed by atoms with E-state index in [-0.39, 0.29) is 35.8 Å². The van der Waals surface area contributed by atoms with E-state index in [1.54, 1.807) is 4.90 Å². The summed E-state index contributed by atoms with van der Waals surface area (Å²) in [6, 6.07) is 9.78. The van der Waals surface area contributed by atoms with Crippen LogP contribution in [0.2, 0.25) is 0 Å². The first-order chi connectivity index (χ1) is 11.9. The monoisotopic (exact) mass is 366 g/mol. The van der Waals surface area contributed by atoms with Gasteiger partial charge in [-0.15, -0.1) is 0 Å². The number of amides is 2. The summed E-state index contributed by atoms with van der Waals surface area (Å²) in [6.07, 6.45) is 2.39. The maximum Gasteiger partial charge on any atom is 0.222 e. The SMILES string of the molecule is CC(=O)N(CCCc1ccccc1)CCC(=O)NC1CCS(=O)(=O)C1. The molecule has 25 heavy (non-hydrogen) atoms. The topological polar surface area (TPSA) is 83.6 Å². The Kier molecular flexibility index (Phi) is 6.99. The lowest BCUT2D eigenvalue weighted by molar-refractivity contribution is -0.129. The number of hydrogen-bond acceptors (Lipinski definition) is 4. The molecule has 1 saturated heterocycles. The Balaban J connectivity index is 1.71. The van der Waals surface area contributed by atoms with E-state index in [1.807, 2.05) is 18.2 Å². The summed E-state index contributed by atoms with van der Waals surface area (Å²) in [4.78, 5) is 25.4. The predicted molar refractivity (Wildman–Crippen MR) is 96.8 cm³/mol. The van der Waals surface area contributed by atoms with Crippen LogP contribution in [0.4, 0.5) is 0 Å². The van der Waals surface area contributed by atoms with Gasteiger partial charge in [0, 0.05) is 32.5 Å². The molecule has 0 bridgehead atoms. The number of rotatable bonds is 8. The fourth-order valence-corrected chi connectivity index (χ4v) is 4.66. The average Bonchev–Trinajstić information content (AvgIpc) is 2.90. The molecule has 1 fully saturated rings. The van der Waals surface area contributed by atoms with Crippen LogP contribution in [0.25, 0.3) is 0 Å². The van der Waals surface area contributed by atoms with E-state index >= 15 is 0 Å². The van der Waals surface area contributed by atoms with Gasteiger partial charge in [0.25, 0.3) is 0 Å². The zero-order valence-corrected chi connectivity index (χ0v) is 15.4. The second-order valence-electron chi connectivity index (χ2n) is 6.51. The molecular formula is C18H26N2O4S. The summed E-state index contributed by atoms with van der Waals surface area (Å²) in [5, 5.41) is 2.75. The Morgan fingerprint density at radius 3 is 2.52 bits per heavy atom. The lowest BCUT2D eigenvalue weighted by Gasteiger charge is -2.21. The lowest BCUT2D eigenvalue weighted by Crippen LogP contribution is -2.39. The number of carbonyl (C=O) groups excluding carboxylic acids is 2. The van der Waals surface area contributed by atoms with Gasteiger partial charge in [-0.1, -0.05) is 30.3 Å². The molecule has 1 heterocycles. The molecule has 1 aromatic rings. The molecule has 1 N–H and O–H groups in total. The standard InChI is InChI=1S/C18H26N2O4S/c1-15(21)20(11-5-8-16-6-3-2-4-7-16)12-9-18(22)19-17-10-13-25(23,24)14-17/h2-4,6-7,17H,5,8-14H2,1H3,(H,19,22). The molecule has 0 aliphatic carbocycles. The van der Waals surface area contributed by atoms with Crippen LogP contribution in [0.15, 0.2) is 30.3 Å². The van der Waals surface area contributed by atoms with E-state index in [0.717, 1.165) is 12.8 Å². The van der Waals surface area contributed by atoms with Crippen LogP contribution in [0.1, 0.15) is 31.7 Å². The summed E-state index contributed by atoms with van der Waals surface area (Å²) in [6.45, 7) is 2.47. The second kappa shape index (κ2) is 8.99. The van der Waals surface area contributed by atoms with Gasteiger partial charge in [0.1, 0.15) is 0 Å². The molecule has 1 atom stereocenters. The van der Waals surface area contributed by atoms with E-state index < -0.39 is 9.84 Å². The maximum atomic E-state index is 12.0. The van der Waals surface area contributed by atoms with Gasteiger partial charge in [-0.3, -0.25) is 9.59 Å². The third-order valence-electron chi connectivity index (χ3n) is 4.39. The van der Waals surface area contributed by atoms with Crippen molar-refractivity contribution in [3.05, 3.63) is 35.9 Å². The van der Waals surface area contributed by atoms with E-state index in [9.17, 15) is 18.0 Å². The molecule has 0 radical (unpaired) electrons. The first-order valence-electron chi connectivity index (χ1n) is 8.65. The van der Waals surface area contributed by atoms with Crippen molar-refractivity contribution < 1.29 is 18.0 Å². The largest absolute Gasteiger partial charge is 0.352 e. The summed E-state index contributed by atoms with van der Waals surface area (Å²) in [5.41, 5.74) is 1.23. The molecule has 0 saturated carbocycles. The van der Waals surface area contributed by atoms with Gasteiger partial charge < -0.3 is 10.2 Å². The van der Waals surface area contributed by atoms with Crippen LogP contribution in [0.5, 0.6) is 0 Å². The molecule has 7 heteroatoms. The highest BCUT2D eigenvalue weighted by Gasteiger charge is 2.28. The summed E-state index contributed by atoms with van der Waals surface area (Å²) >= 11 is 0. The zero-order chi connectivity index (χ0) is 18.3. The Hall–Kier alpha value is -1.89. The van der Waals surface area contributed by atoms with Gasteiger partial charge >= 0.3 is 0 Å². The second-order valence-corrected chi connectivity index (χ2v) is 8.74. The van der Waals surface area contributed by atoms with Crippen molar-refractivity contribution in [2.24, 2.45) is 0 Å². The normalized spacial score (nSPS) is 18.7. The van der Waals surface area contributed by atoms with Crippen LogP contribution in [-0.2, 0) is 25.8 Å². The highest BCUT2D eigenvalue weighted by atomic mass is 32.2. The smallest absolute Gasteiger partial charge is 0.222 e. The minimum atomic E-state index is -3.00. The highest BCUT2D eigenvalue weighted by Crippen LogP contribution is 2.11. The van der Waals surface area contributed by atoms with Crippen LogP contribution in [0, 0.1) is 0 Å². The number of sulfone groups is 1. The summed E-state index contributed by atoms with van der Waals surface area (Å²) in [7, 11) is -3.00. The average molecular weight is 366 g/mol. The number of nitrogens with one attached hydrogen (secondary N) is 1. The van der Waals surface area contributed by atoms with Crippen molar-refractivity contribution in [1.29, 1.82) is 0 Å². The first-order valence-corrected chi connectivity index (χ1v) is 10.5. The quantitative estimate of drug-likeness (QED) is 0.748. The molecular weight excluding hydrogens is 340 g/mol. The fraction of sp³-hybridized carbons (Fsp3) is 0.556. The van der Waals surface area contributed by atoms with Gasteiger partial charge in [-0.2, -0.15) is 0 Å². The Bertz CT molecular complexity index is 688. The lowest BCUT2D eigenvalue weighted by atomic mass is 10.1. The Labute approximate surface area is 149 Å². The summed E-state index contributed by atoms with van der Waals surface area (Å²) in [5.74, 6) is -0.0933. The van der Waals surface area contributed by atoms with Gasteiger partial charge in [-0.05, 0) is 24.8 Å². The number of hydrogen-bond donors (Lipinski definition) is 1. The predicted octanol–water partition coefficient (Wildman–Crippen LogP) is 1.16. The van der Waals surface area contributed by atoms with Crippen molar-refractivity contribution >= 4 is 21.7 Å². The fourth-order valence-electron chi connectivity index (χ4n) is 2.99. The van der Waals surface area contributed by atoms with Gasteiger partial charge in [-0.25, -0.2) is 8.42 Å². The highest BCUT2D eigenvalue weighted by molar-refractivity contribution is 7.91. The van der Waals surface area contributed by atoms with E-state index in [4.69, 9.17) is 0 Å². The maximum absolute atomic E-state index is 12.0. The van der Waals surface area contributed by atoms with Gasteiger partial charge in [0.2, 0.25) is 11.8 Å². The van der Waals surface area contributed by atoms with Crippen LogP contribution in [0.3, 0.4) is 0 Å².